The molecule has 0 unspecified atom stereocenters. The molecule has 0 aliphatic heterocycles. The van der Waals surface area contributed by atoms with Gasteiger partial charge in [0, 0.05) is 34.1 Å². The molecule has 0 aliphatic rings. The van der Waals surface area contributed by atoms with Gasteiger partial charge in [-0.05, 0) is 198 Å². The van der Waals surface area contributed by atoms with E-state index in [2.05, 4.69) is 303 Å². The van der Waals surface area contributed by atoms with E-state index in [0.717, 1.165) is 34.1 Å². The average molecular weight is 945 g/mol. The van der Waals surface area contributed by atoms with Gasteiger partial charge in [-0.15, -0.1) is 0 Å². The fourth-order valence-electron chi connectivity index (χ4n) is 11.4. The molecule has 0 bridgehead atoms. The van der Waals surface area contributed by atoms with Crippen LogP contribution in [0.2, 0.25) is 0 Å². The van der Waals surface area contributed by atoms with Gasteiger partial charge in [0.15, 0.2) is 0 Å². The fraction of sp³-hybridized carbons (Fsp3) is 0.0278. The highest BCUT2D eigenvalue weighted by molar-refractivity contribution is 6.23. The van der Waals surface area contributed by atoms with E-state index in [-0.39, 0.29) is 0 Å². The van der Waals surface area contributed by atoms with E-state index in [0.29, 0.717) is 0 Å². The van der Waals surface area contributed by atoms with E-state index in [1.165, 1.54) is 98.7 Å². The molecule has 2 heteroatoms. The van der Waals surface area contributed by atoms with E-state index in [1.807, 2.05) is 0 Å². The zero-order valence-corrected chi connectivity index (χ0v) is 41.5. The summed E-state index contributed by atoms with van der Waals surface area (Å²) in [6.07, 6.45) is 0. The molecule has 13 aromatic carbocycles. The number of hydrogen-bond acceptors (Lipinski definition) is 2. The first-order valence-corrected chi connectivity index (χ1v) is 25.6. The minimum atomic E-state index is 1.11. The van der Waals surface area contributed by atoms with Crippen LogP contribution in [0.4, 0.5) is 34.1 Å². The van der Waals surface area contributed by atoms with Crippen LogP contribution in [-0.2, 0) is 0 Å². The molecule has 0 saturated heterocycles. The third kappa shape index (κ3) is 7.94. The summed E-state index contributed by atoms with van der Waals surface area (Å²) in [5.74, 6) is 0. The van der Waals surface area contributed by atoms with Gasteiger partial charge in [0.1, 0.15) is 0 Å². The summed E-state index contributed by atoms with van der Waals surface area (Å²) in [6.45, 7) is 4.57. The molecule has 350 valence electrons. The lowest BCUT2D eigenvalue weighted by atomic mass is 9.81. The average Bonchev–Trinajstić information content (AvgIpc) is 3.46. The molecule has 0 saturated carbocycles. The van der Waals surface area contributed by atoms with Gasteiger partial charge >= 0.3 is 0 Å². The van der Waals surface area contributed by atoms with Gasteiger partial charge in [-0.2, -0.15) is 0 Å². The molecule has 0 aromatic heterocycles. The monoisotopic (exact) mass is 944 g/mol. The summed E-state index contributed by atoms with van der Waals surface area (Å²) in [5, 5.41) is 9.80. The Kier molecular flexibility index (Phi) is 11.4. The van der Waals surface area contributed by atoms with Gasteiger partial charge in [-0.1, -0.05) is 194 Å². The molecule has 0 aliphatic carbocycles. The molecule has 13 rings (SSSR count). The van der Waals surface area contributed by atoms with Crippen molar-refractivity contribution in [1.82, 2.24) is 0 Å². The Morgan fingerprint density at radius 3 is 0.919 bits per heavy atom. The van der Waals surface area contributed by atoms with Crippen LogP contribution < -0.4 is 9.80 Å². The molecule has 0 spiro atoms. The second-order valence-electron chi connectivity index (χ2n) is 19.3. The van der Waals surface area contributed by atoms with Gasteiger partial charge in [0.2, 0.25) is 0 Å². The highest BCUT2D eigenvalue weighted by Gasteiger charge is 2.23. The van der Waals surface area contributed by atoms with E-state index in [1.54, 1.807) is 0 Å². The smallest absolute Gasteiger partial charge is 0.0464 e. The maximum atomic E-state index is 2.47. The van der Waals surface area contributed by atoms with Crippen LogP contribution in [0.25, 0.3) is 87.6 Å². The topological polar surface area (TPSA) is 6.48 Å². The molecule has 0 radical (unpaired) electrons. The SMILES string of the molecule is Cc1cc(N(c2ccccc2)c2ccccc2)ccc1-c1c2ccc(-c3cccc4ccccc34)cc2c(-c2ccc(N(c3ccccc3)c3ccccc3)cc2C)c2ccc(-c3cccc4ccccc34)cc12. The first-order valence-electron chi connectivity index (χ1n) is 25.6. The molecule has 0 heterocycles. The molecule has 0 N–H and O–H groups in total. The Hall–Kier alpha value is -9.50. The lowest BCUT2D eigenvalue weighted by Crippen LogP contribution is -2.10. The van der Waals surface area contributed by atoms with Gasteiger partial charge < -0.3 is 9.80 Å². The normalized spacial score (nSPS) is 11.4. The quantitative estimate of drug-likeness (QED) is 0.126. The van der Waals surface area contributed by atoms with Crippen LogP contribution >= 0.6 is 0 Å². The Labute approximate surface area is 433 Å². The third-order valence-electron chi connectivity index (χ3n) is 14.9. The molecule has 0 amide bonds. The predicted molar refractivity (Wildman–Crippen MR) is 317 cm³/mol. The Balaban J connectivity index is 1.10. The molecular formula is C72H52N2. The summed E-state index contributed by atoms with van der Waals surface area (Å²) >= 11 is 0. The minimum absolute atomic E-state index is 1.11. The Morgan fingerprint density at radius 1 is 0.216 bits per heavy atom. The van der Waals surface area contributed by atoms with Crippen molar-refractivity contribution >= 4 is 77.2 Å². The van der Waals surface area contributed by atoms with Gasteiger partial charge in [-0.25, -0.2) is 0 Å². The Bertz CT molecular complexity index is 3840. The van der Waals surface area contributed by atoms with Crippen LogP contribution in [0.1, 0.15) is 11.1 Å². The number of benzene rings is 13. The first-order chi connectivity index (χ1) is 36.6. The van der Waals surface area contributed by atoms with Gasteiger partial charge in [0.25, 0.3) is 0 Å². The number of rotatable bonds is 10. The van der Waals surface area contributed by atoms with E-state index < -0.39 is 0 Å². The standard InChI is InChI=1S/C72H52N2/c1-49-45-59(73(55-25-7-3-8-26-55)56-27-9-4-10-28-56)39-43-61(49)71-67-41-37-54(66-36-20-24-52-22-16-18-34-64(52)66)48-70(67)72(68-42-38-53(47-69(68)71)65-35-19-23-51-21-15-17-33-63(51)65)62-44-40-60(46-50(62)2)74(57-29-11-5-12-30-57)58-31-13-6-14-32-58/h3-48H,1-2H3. The van der Waals surface area contributed by atoms with Crippen LogP contribution in [0.3, 0.4) is 0 Å². The minimum Gasteiger partial charge on any atom is -0.310 e. The van der Waals surface area contributed by atoms with Crippen molar-refractivity contribution in [2.24, 2.45) is 0 Å². The first kappa shape index (κ1) is 44.4. The van der Waals surface area contributed by atoms with Gasteiger partial charge in [0.05, 0.1) is 0 Å². The second-order valence-corrected chi connectivity index (χ2v) is 19.3. The number of aryl methyl sites for hydroxylation is 2. The molecule has 74 heavy (non-hydrogen) atoms. The second kappa shape index (κ2) is 18.9. The number of nitrogens with zero attached hydrogens (tertiary/aromatic N) is 2. The summed E-state index contributed by atoms with van der Waals surface area (Å²) in [6, 6.07) is 102. The number of para-hydroxylation sites is 4. The van der Waals surface area contributed by atoms with Crippen molar-refractivity contribution < 1.29 is 0 Å². The van der Waals surface area contributed by atoms with Crippen molar-refractivity contribution in [2.75, 3.05) is 9.80 Å². The van der Waals surface area contributed by atoms with Crippen LogP contribution in [0.5, 0.6) is 0 Å². The molecular weight excluding hydrogens is 893 g/mol. The molecule has 13 aromatic rings. The van der Waals surface area contributed by atoms with Gasteiger partial charge in [-0.3, -0.25) is 0 Å². The van der Waals surface area contributed by atoms with Crippen molar-refractivity contribution in [3.8, 4) is 44.5 Å². The number of hydrogen-bond donors (Lipinski definition) is 0. The van der Waals surface area contributed by atoms with E-state index in [9.17, 15) is 0 Å². The van der Waals surface area contributed by atoms with Crippen molar-refractivity contribution in [3.63, 3.8) is 0 Å². The van der Waals surface area contributed by atoms with Crippen LogP contribution in [0, 0.1) is 13.8 Å². The highest BCUT2D eigenvalue weighted by Crippen LogP contribution is 2.50. The van der Waals surface area contributed by atoms with E-state index >= 15 is 0 Å². The third-order valence-corrected chi connectivity index (χ3v) is 14.9. The molecule has 2 nitrogen and oxygen atoms in total. The molecule has 0 fully saturated rings. The predicted octanol–water partition coefficient (Wildman–Crippen LogP) is 20.5. The summed E-state index contributed by atoms with van der Waals surface area (Å²) < 4.78 is 0. The number of fused-ring (bicyclic) bond motifs is 4. The summed E-state index contributed by atoms with van der Waals surface area (Å²) in [5.41, 5.74) is 18.8. The largest absolute Gasteiger partial charge is 0.310 e. The lowest BCUT2D eigenvalue weighted by molar-refractivity contribution is 1.27. The van der Waals surface area contributed by atoms with E-state index in [4.69, 9.17) is 0 Å². The molecule has 0 atom stereocenters. The Morgan fingerprint density at radius 2 is 0.554 bits per heavy atom. The zero-order chi connectivity index (χ0) is 49.5. The fourth-order valence-corrected chi connectivity index (χ4v) is 11.4. The van der Waals surface area contributed by atoms with Crippen LogP contribution in [0.15, 0.2) is 279 Å². The zero-order valence-electron chi connectivity index (χ0n) is 41.5. The van der Waals surface area contributed by atoms with Crippen molar-refractivity contribution in [3.05, 3.63) is 290 Å². The maximum Gasteiger partial charge on any atom is 0.0464 e. The number of anilines is 6. The van der Waals surface area contributed by atoms with Crippen molar-refractivity contribution in [1.29, 1.82) is 0 Å². The maximum absolute atomic E-state index is 2.47. The van der Waals surface area contributed by atoms with Crippen molar-refractivity contribution in [2.45, 2.75) is 13.8 Å². The summed E-state index contributed by atoms with van der Waals surface area (Å²) in [7, 11) is 0. The lowest BCUT2D eigenvalue weighted by Gasteiger charge is -2.27. The van der Waals surface area contributed by atoms with Crippen LogP contribution in [-0.4, -0.2) is 0 Å². The highest BCUT2D eigenvalue weighted by atomic mass is 15.1. The summed E-state index contributed by atoms with van der Waals surface area (Å²) in [4.78, 5) is 4.71.